The van der Waals surface area contributed by atoms with Crippen LogP contribution in [0.2, 0.25) is 0 Å². The molecule has 3 nitrogen and oxygen atoms in total. The lowest BCUT2D eigenvalue weighted by molar-refractivity contribution is 0.0649. The SMILES string of the molecule is C=CCN1CCN(C(=O)c2cc(F)cc(F)c2)CC1. The Morgan fingerprint density at radius 3 is 2.26 bits per heavy atom. The molecule has 1 aromatic rings. The minimum absolute atomic E-state index is 0.0645. The van der Waals surface area contributed by atoms with Crippen molar-refractivity contribution >= 4 is 5.91 Å². The summed E-state index contributed by atoms with van der Waals surface area (Å²) in [7, 11) is 0. The summed E-state index contributed by atoms with van der Waals surface area (Å²) in [5.74, 6) is -1.78. The summed E-state index contributed by atoms with van der Waals surface area (Å²) in [4.78, 5) is 15.9. The van der Waals surface area contributed by atoms with Gasteiger partial charge in [0.15, 0.2) is 0 Å². The number of benzene rings is 1. The molecule has 1 fully saturated rings. The molecule has 1 saturated heterocycles. The highest BCUT2D eigenvalue weighted by molar-refractivity contribution is 5.94. The maximum Gasteiger partial charge on any atom is 0.254 e. The van der Waals surface area contributed by atoms with Gasteiger partial charge in [0.2, 0.25) is 0 Å². The number of piperazine rings is 1. The molecule has 0 spiro atoms. The zero-order valence-corrected chi connectivity index (χ0v) is 10.6. The Hall–Kier alpha value is -1.75. The molecule has 5 heteroatoms. The quantitative estimate of drug-likeness (QED) is 0.780. The number of amides is 1. The standard InChI is InChI=1S/C14H16F2N2O/c1-2-3-17-4-6-18(7-5-17)14(19)11-8-12(15)10-13(16)9-11/h2,8-10H,1,3-7H2. The predicted octanol–water partition coefficient (Wildman–Crippen LogP) is 1.91. The Morgan fingerprint density at radius 1 is 1.16 bits per heavy atom. The van der Waals surface area contributed by atoms with Crippen molar-refractivity contribution in [1.82, 2.24) is 9.80 Å². The molecule has 0 radical (unpaired) electrons. The highest BCUT2D eigenvalue weighted by Crippen LogP contribution is 2.12. The van der Waals surface area contributed by atoms with Crippen molar-refractivity contribution < 1.29 is 13.6 Å². The molecule has 0 N–H and O–H groups in total. The van der Waals surface area contributed by atoms with Crippen molar-refractivity contribution in [2.24, 2.45) is 0 Å². The third-order valence-corrected chi connectivity index (χ3v) is 3.16. The number of halogens is 2. The molecule has 0 atom stereocenters. The van der Waals surface area contributed by atoms with E-state index in [1.165, 1.54) is 0 Å². The van der Waals surface area contributed by atoms with Gasteiger partial charge in [0.25, 0.3) is 5.91 Å². The first-order chi connectivity index (χ1) is 9.10. The molecule has 19 heavy (non-hydrogen) atoms. The van der Waals surface area contributed by atoms with Gasteiger partial charge in [-0.3, -0.25) is 9.69 Å². The van der Waals surface area contributed by atoms with Crippen LogP contribution in [0.25, 0.3) is 0 Å². The topological polar surface area (TPSA) is 23.6 Å². The smallest absolute Gasteiger partial charge is 0.254 e. The van der Waals surface area contributed by atoms with Crippen LogP contribution in [-0.4, -0.2) is 48.4 Å². The molecule has 1 aliphatic heterocycles. The van der Waals surface area contributed by atoms with Gasteiger partial charge >= 0.3 is 0 Å². The Morgan fingerprint density at radius 2 is 1.74 bits per heavy atom. The van der Waals surface area contributed by atoms with E-state index in [2.05, 4.69) is 11.5 Å². The lowest BCUT2D eigenvalue weighted by Gasteiger charge is -2.34. The summed E-state index contributed by atoms with van der Waals surface area (Å²) in [5, 5.41) is 0. The maximum atomic E-state index is 13.1. The fourth-order valence-corrected chi connectivity index (χ4v) is 2.18. The van der Waals surface area contributed by atoms with E-state index in [9.17, 15) is 13.6 Å². The third kappa shape index (κ3) is 3.38. The molecular formula is C14H16F2N2O. The van der Waals surface area contributed by atoms with E-state index in [4.69, 9.17) is 0 Å². The number of carbonyl (C=O) groups is 1. The van der Waals surface area contributed by atoms with Gasteiger partial charge in [-0.1, -0.05) is 6.08 Å². The summed E-state index contributed by atoms with van der Waals surface area (Å²) in [6, 6.07) is 2.90. The monoisotopic (exact) mass is 266 g/mol. The zero-order chi connectivity index (χ0) is 13.8. The second-order valence-electron chi connectivity index (χ2n) is 4.54. The van der Waals surface area contributed by atoms with Gasteiger partial charge in [0.05, 0.1) is 0 Å². The molecular weight excluding hydrogens is 250 g/mol. The van der Waals surface area contributed by atoms with Crippen molar-refractivity contribution in [3.8, 4) is 0 Å². The van der Waals surface area contributed by atoms with Gasteiger partial charge in [0, 0.05) is 44.4 Å². The molecule has 1 aliphatic rings. The van der Waals surface area contributed by atoms with Crippen molar-refractivity contribution in [3.63, 3.8) is 0 Å². The van der Waals surface area contributed by atoms with Gasteiger partial charge in [-0.05, 0) is 12.1 Å². The van der Waals surface area contributed by atoms with E-state index >= 15 is 0 Å². The van der Waals surface area contributed by atoms with Crippen molar-refractivity contribution in [2.75, 3.05) is 32.7 Å². The van der Waals surface area contributed by atoms with E-state index in [0.717, 1.165) is 37.8 Å². The molecule has 1 amide bonds. The van der Waals surface area contributed by atoms with Crippen LogP contribution in [0.1, 0.15) is 10.4 Å². The second kappa shape index (κ2) is 5.93. The molecule has 0 aromatic heterocycles. The van der Waals surface area contributed by atoms with Crippen LogP contribution in [-0.2, 0) is 0 Å². The van der Waals surface area contributed by atoms with Gasteiger partial charge in [-0.25, -0.2) is 8.78 Å². The lowest BCUT2D eigenvalue weighted by Crippen LogP contribution is -2.48. The molecule has 0 bridgehead atoms. The molecule has 102 valence electrons. The van der Waals surface area contributed by atoms with Crippen LogP contribution >= 0.6 is 0 Å². The lowest BCUT2D eigenvalue weighted by atomic mass is 10.1. The van der Waals surface area contributed by atoms with E-state index in [-0.39, 0.29) is 11.5 Å². The molecule has 1 heterocycles. The first-order valence-corrected chi connectivity index (χ1v) is 6.19. The van der Waals surface area contributed by atoms with Gasteiger partial charge < -0.3 is 4.90 Å². The summed E-state index contributed by atoms with van der Waals surface area (Å²) < 4.78 is 26.2. The third-order valence-electron chi connectivity index (χ3n) is 3.16. The minimum Gasteiger partial charge on any atom is -0.336 e. The number of hydrogen-bond donors (Lipinski definition) is 0. The van der Waals surface area contributed by atoms with Crippen LogP contribution < -0.4 is 0 Å². The first kappa shape index (κ1) is 13.7. The number of nitrogens with zero attached hydrogens (tertiary/aromatic N) is 2. The van der Waals surface area contributed by atoms with Crippen molar-refractivity contribution in [1.29, 1.82) is 0 Å². The normalized spacial score (nSPS) is 16.4. The zero-order valence-electron chi connectivity index (χ0n) is 10.6. The van der Waals surface area contributed by atoms with Crippen molar-refractivity contribution in [2.45, 2.75) is 0 Å². The second-order valence-corrected chi connectivity index (χ2v) is 4.54. The summed E-state index contributed by atoms with van der Waals surface area (Å²) in [6.07, 6.45) is 1.82. The highest BCUT2D eigenvalue weighted by Gasteiger charge is 2.22. The van der Waals surface area contributed by atoms with Crippen LogP contribution in [0.3, 0.4) is 0 Å². The molecule has 1 aromatic carbocycles. The molecule has 2 rings (SSSR count). The van der Waals surface area contributed by atoms with Gasteiger partial charge in [0.1, 0.15) is 11.6 Å². The van der Waals surface area contributed by atoms with Gasteiger partial charge in [-0.2, -0.15) is 0 Å². The van der Waals surface area contributed by atoms with E-state index < -0.39 is 11.6 Å². The van der Waals surface area contributed by atoms with Crippen LogP contribution in [0.4, 0.5) is 8.78 Å². The van der Waals surface area contributed by atoms with Crippen LogP contribution in [0.5, 0.6) is 0 Å². The van der Waals surface area contributed by atoms with E-state index in [0.29, 0.717) is 13.1 Å². The highest BCUT2D eigenvalue weighted by atomic mass is 19.1. The predicted molar refractivity (Wildman–Crippen MR) is 68.9 cm³/mol. The van der Waals surface area contributed by atoms with Gasteiger partial charge in [-0.15, -0.1) is 6.58 Å². The minimum atomic E-state index is -0.728. The number of carbonyl (C=O) groups excluding carboxylic acids is 1. The fourth-order valence-electron chi connectivity index (χ4n) is 2.18. The maximum absolute atomic E-state index is 13.1. The fraction of sp³-hybridized carbons (Fsp3) is 0.357. The van der Waals surface area contributed by atoms with E-state index in [1.807, 2.05) is 6.08 Å². The van der Waals surface area contributed by atoms with E-state index in [1.54, 1.807) is 4.90 Å². The Balaban J connectivity index is 2.03. The van der Waals surface area contributed by atoms with Crippen LogP contribution in [0, 0.1) is 11.6 Å². The number of hydrogen-bond acceptors (Lipinski definition) is 2. The molecule has 0 saturated carbocycles. The summed E-state index contributed by atoms with van der Waals surface area (Å²) in [5.41, 5.74) is 0.0645. The summed E-state index contributed by atoms with van der Waals surface area (Å²) >= 11 is 0. The largest absolute Gasteiger partial charge is 0.336 e. The Bertz CT molecular complexity index is 462. The average Bonchev–Trinajstić information content (AvgIpc) is 2.38. The number of rotatable bonds is 3. The average molecular weight is 266 g/mol. The Kier molecular flexibility index (Phi) is 4.27. The van der Waals surface area contributed by atoms with Crippen molar-refractivity contribution in [3.05, 3.63) is 48.1 Å². The molecule has 0 unspecified atom stereocenters. The molecule has 0 aliphatic carbocycles. The Labute approximate surface area is 111 Å². The summed E-state index contributed by atoms with van der Waals surface area (Å²) in [6.45, 7) is 7.07. The first-order valence-electron chi connectivity index (χ1n) is 6.19. The van der Waals surface area contributed by atoms with Crippen LogP contribution in [0.15, 0.2) is 30.9 Å².